The number of rotatable bonds is 7. The molecule has 0 spiro atoms. The third kappa shape index (κ3) is 5.67. The molecule has 0 saturated heterocycles. The first-order valence-electron chi connectivity index (χ1n) is 14.6. The fourth-order valence-corrected chi connectivity index (χ4v) is 5.83. The van der Waals surface area contributed by atoms with Crippen LogP contribution in [-0.2, 0) is 24.8 Å². The summed E-state index contributed by atoms with van der Waals surface area (Å²) in [5.74, 6) is 1.54. The number of imidazole rings is 2. The van der Waals surface area contributed by atoms with Gasteiger partial charge in [0.05, 0.1) is 27.1 Å². The average molecular weight is 591 g/mol. The average Bonchev–Trinajstić information content (AvgIpc) is 3.50. The molecule has 0 aliphatic rings. The Bertz CT molecular complexity index is 1960. The van der Waals surface area contributed by atoms with Crippen molar-refractivity contribution in [2.24, 2.45) is 7.05 Å². The molecular formula is C36H35ClN4O2. The number of esters is 1. The highest BCUT2D eigenvalue weighted by Gasteiger charge is 2.21. The van der Waals surface area contributed by atoms with Crippen molar-refractivity contribution >= 4 is 39.6 Å². The molecule has 0 amide bonds. The predicted molar refractivity (Wildman–Crippen MR) is 175 cm³/mol. The second kappa shape index (κ2) is 11.3. The Morgan fingerprint density at radius 3 is 2.33 bits per heavy atom. The fraction of sp³-hybridized carbons (Fsp3) is 0.250. The summed E-state index contributed by atoms with van der Waals surface area (Å²) in [5.41, 5.74) is 7.68. The molecule has 218 valence electrons. The number of fused-ring (bicyclic) bond motifs is 2. The lowest BCUT2D eigenvalue weighted by Gasteiger charge is -2.20. The van der Waals surface area contributed by atoms with E-state index in [-0.39, 0.29) is 5.97 Å². The van der Waals surface area contributed by atoms with Crippen LogP contribution >= 0.6 is 11.6 Å². The molecule has 4 aromatic carbocycles. The Kier molecular flexibility index (Phi) is 7.57. The Hall–Kier alpha value is -4.42. The van der Waals surface area contributed by atoms with Crippen molar-refractivity contribution in [3.63, 3.8) is 0 Å². The number of carbonyl (C=O) groups is 1. The summed E-state index contributed by atoms with van der Waals surface area (Å²) >= 11 is 6.87. The van der Waals surface area contributed by atoms with Crippen LogP contribution in [0.5, 0.6) is 0 Å². The van der Waals surface area contributed by atoms with Gasteiger partial charge in [0.1, 0.15) is 22.8 Å². The van der Waals surface area contributed by atoms with Crippen molar-refractivity contribution in [1.29, 1.82) is 0 Å². The molecule has 0 fully saturated rings. The summed E-state index contributed by atoms with van der Waals surface area (Å²) in [7, 11) is 2.03. The second-order valence-corrected chi connectivity index (χ2v) is 12.3. The molecular weight excluding hydrogens is 556 g/mol. The lowest BCUT2D eigenvalue weighted by Crippen LogP contribution is -2.24. The topological polar surface area (TPSA) is 61.9 Å². The summed E-state index contributed by atoms with van der Waals surface area (Å²) < 4.78 is 10.0. The first-order valence-corrected chi connectivity index (χ1v) is 15.0. The van der Waals surface area contributed by atoms with Gasteiger partial charge in [0.15, 0.2) is 0 Å². The molecule has 0 radical (unpaired) electrons. The third-order valence-corrected chi connectivity index (χ3v) is 7.85. The van der Waals surface area contributed by atoms with E-state index in [9.17, 15) is 4.79 Å². The van der Waals surface area contributed by atoms with Crippen LogP contribution in [0.4, 0.5) is 0 Å². The van der Waals surface area contributed by atoms with E-state index in [4.69, 9.17) is 26.3 Å². The van der Waals surface area contributed by atoms with E-state index in [2.05, 4.69) is 52.5 Å². The zero-order chi connectivity index (χ0) is 30.3. The highest BCUT2D eigenvalue weighted by molar-refractivity contribution is 6.35. The van der Waals surface area contributed by atoms with Gasteiger partial charge in [-0.25, -0.2) is 14.8 Å². The highest BCUT2D eigenvalue weighted by Crippen LogP contribution is 2.33. The molecule has 0 aliphatic heterocycles. The maximum absolute atomic E-state index is 12.9. The summed E-state index contributed by atoms with van der Waals surface area (Å²) in [5, 5.41) is 0.616. The Morgan fingerprint density at radius 1 is 0.884 bits per heavy atom. The third-order valence-electron chi connectivity index (χ3n) is 7.56. The van der Waals surface area contributed by atoms with Gasteiger partial charge in [0, 0.05) is 25.6 Å². The van der Waals surface area contributed by atoms with Gasteiger partial charge in [-0.3, -0.25) is 0 Å². The molecule has 43 heavy (non-hydrogen) atoms. The van der Waals surface area contributed by atoms with Crippen molar-refractivity contribution < 1.29 is 9.53 Å². The molecule has 0 unspecified atom stereocenters. The molecule has 6 aromatic rings. The van der Waals surface area contributed by atoms with Crippen LogP contribution in [-0.4, -0.2) is 30.7 Å². The monoisotopic (exact) mass is 590 g/mol. The number of hydrogen-bond acceptors (Lipinski definition) is 4. The standard InChI is InChI=1S/C36H35ClN4O2/c1-6-11-32-39-33-28(37)20-25(34-38-29-14-9-10-15-30(29)40(34)5)21-31(33)41(32)22-23-16-18-24(19-17-23)26-12-7-8-13-27(26)35(42)43-36(2,3)4/h7-10,12-21H,6,11,22H2,1-5H3. The van der Waals surface area contributed by atoms with Crippen LogP contribution in [0.25, 0.3) is 44.6 Å². The molecule has 2 heterocycles. The van der Waals surface area contributed by atoms with Crippen LogP contribution in [0.1, 0.15) is 55.9 Å². The number of hydrogen-bond donors (Lipinski definition) is 0. The van der Waals surface area contributed by atoms with Crippen LogP contribution in [0, 0.1) is 0 Å². The predicted octanol–water partition coefficient (Wildman–Crippen LogP) is 8.87. The summed E-state index contributed by atoms with van der Waals surface area (Å²) in [6.07, 6.45) is 1.81. The number of aromatic nitrogens is 4. The number of halogens is 1. The lowest BCUT2D eigenvalue weighted by atomic mass is 9.98. The van der Waals surface area contributed by atoms with Crippen molar-refractivity contribution in [3.8, 4) is 22.5 Å². The molecule has 6 rings (SSSR count). The van der Waals surface area contributed by atoms with Crippen LogP contribution in [0.3, 0.4) is 0 Å². The number of nitrogens with zero attached hydrogens (tertiary/aromatic N) is 4. The number of ether oxygens (including phenoxy) is 1. The number of aryl methyl sites for hydroxylation is 2. The van der Waals surface area contributed by atoms with Gasteiger partial charge in [-0.05, 0) is 74.2 Å². The zero-order valence-corrected chi connectivity index (χ0v) is 25.9. The van der Waals surface area contributed by atoms with Gasteiger partial charge < -0.3 is 13.9 Å². The Labute approximate surface area is 256 Å². The maximum atomic E-state index is 12.9. The van der Waals surface area contributed by atoms with Crippen molar-refractivity contribution in [2.45, 2.75) is 52.7 Å². The van der Waals surface area contributed by atoms with E-state index in [1.807, 2.05) is 76.3 Å². The Balaban J connectivity index is 1.37. The molecule has 0 atom stereocenters. The molecule has 0 aliphatic carbocycles. The maximum Gasteiger partial charge on any atom is 0.339 e. The number of benzene rings is 4. The number of para-hydroxylation sites is 2. The smallest absolute Gasteiger partial charge is 0.339 e. The molecule has 0 bridgehead atoms. The minimum Gasteiger partial charge on any atom is -0.456 e. The minimum atomic E-state index is -0.565. The largest absolute Gasteiger partial charge is 0.456 e. The van der Waals surface area contributed by atoms with Crippen LogP contribution in [0.2, 0.25) is 5.02 Å². The van der Waals surface area contributed by atoms with Crippen molar-refractivity contribution in [1.82, 2.24) is 19.1 Å². The quantitative estimate of drug-likeness (QED) is 0.174. The van der Waals surface area contributed by atoms with E-state index in [0.29, 0.717) is 17.1 Å². The summed E-state index contributed by atoms with van der Waals surface area (Å²) in [4.78, 5) is 22.8. The number of carbonyl (C=O) groups excluding carboxylic acids is 1. The van der Waals surface area contributed by atoms with E-state index in [1.165, 1.54) is 0 Å². The molecule has 2 aromatic heterocycles. The molecule has 0 N–H and O–H groups in total. The van der Waals surface area contributed by atoms with E-state index in [1.54, 1.807) is 0 Å². The lowest BCUT2D eigenvalue weighted by molar-refractivity contribution is 0.00704. The van der Waals surface area contributed by atoms with Gasteiger partial charge >= 0.3 is 5.97 Å². The summed E-state index contributed by atoms with van der Waals surface area (Å²) in [6.45, 7) is 8.44. The van der Waals surface area contributed by atoms with Crippen molar-refractivity contribution in [3.05, 3.63) is 107 Å². The van der Waals surface area contributed by atoms with Crippen molar-refractivity contribution in [2.75, 3.05) is 0 Å². The first-order chi connectivity index (χ1) is 20.6. The highest BCUT2D eigenvalue weighted by atomic mass is 35.5. The van der Waals surface area contributed by atoms with Gasteiger partial charge in [-0.15, -0.1) is 0 Å². The molecule has 6 nitrogen and oxygen atoms in total. The van der Waals surface area contributed by atoms with Gasteiger partial charge in [0.25, 0.3) is 0 Å². The normalized spacial score (nSPS) is 11.9. The zero-order valence-electron chi connectivity index (χ0n) is 25.2. The van der Waals surface area contributed by atoms with Gasteiger partial charge in [-0.1, -0.05) is 73.1 Å². The SMILES string of the molecule is CCCc1nc2c(Cl)cc(-c3nc4ccccc4n3C)cc2n1Cc1ccc(-c2ccccc2C(=O)OC(C)(C)C)cc1. The van der Waals surface area contributed by atoms with Crippen LogP contribution < -0.4 is 0 Å². The van der Waals surface area contributed by atoms with E-state index >= 15 is 0 Å². The Morgan fingerprint density at radius 2 is 1.60 bits per heavy atom. The molecule has 7 heteroatoms. The van der Waals surface area contributed by atoms with E-state index < -0.39 is 5.60 Å². The second-order valence-electron chi connectivity index (χ2n) is 11.9. The van der Waals surface area contributed by atoms with Gasteiger partial charge in [-0.2, -0.15) is 0 Å². The molecule has 0 saturated carbocycles. The van der Waals surface area contributed by atoms with E-state index in [0.717, 1.165) is 68.8 Å². The van der Waals surface area contributed by atoms with Crippen LogP contribution in [0.15, 0.2) is 84.9 Å². The van der Waals surface area contributed by atoms with Gasteiger partial charge in [0.2, 0.25) is 0 Å². The summed E-state index contributed by atoms with van der Waals surface area (Å²) in [6, 6.07) is 28.2. The fourth-order valence-electron chi connectivity index (χ4n) is 5.57. The first kappa shape index (κ1) is 28.7. The minimum absolute atomic E-state index is 0.324.